The molecule has 0 N–H and O–H groups in total. The number of hydrogen-bond donors (Lipinski definition) is 0. The van der Waals surface area contributed by atoms with E-state index in [0.29, 0.717) is 18.0 Å². The van der Waals surface area contributed by atoms with Crippen LogP contribution >= 0.6 is 0 Å². The van der Waals surface area contributed by atoms with E-state index >= 15 is 0 Å². The standard InChI is InChI=1S/C15H14FN3O3/c1-9-13(10(2)21-17-9)7-14-18-22-15(20)19(14)8-11-3-5-12(16)6-4-11/h3-6H,7-8H2,1-2H3. The van der Waals surface area contributed by atoms with Crippen molar-refractivity contribution in [2.75, 3.05) is 0 Å². The van der Waals surface area contributed by atoms with E-state index in [1.165, 1.54) is 16.7 Å². The Balaban J connectivity index is 1.91. The lowest BCUT2D eigenvalue weighted by atomic mass is 10.1. The normalized spacial score (nSPS) is 11.0. The lowest BCUT2D eigenvalue weighted by Crippen LogP contribution is -2.18. The molecule has 0 unspecified atom stereocenters. The zero-order valence-electron chi connectivity index (χ0n) is 12.2. The molecule has 0 aliphatic heterocycles. The monoisotopic (exact) mass is 303 g/mol. The fourth-order valence-corrected chi connectivity index (χ4v) is 2.26. The molecule has 0 spiro atoms. The Morgan fingerprint density at radius 3 is 2.50 bits per heavy atom. The lowest BCUT2D eigenvalue weighted by Gasteiger charge is -2.04. The van der Waals surface area contributed by atoms with Gasteiger partial charge in [-0.05, 0) is 31.5 Å². The van der Waals surface area contributed by atoms with Crippen molar-refractivity contribution in [2.24, 2.45) is 0 Å². The minimum Gasteiger partial charge on any atom is -0.361 e. The summed E-state index contributed by atoms with van der Waals surface area (Å²) < 4.78 is 24.2. The number of nitrogens with zero attached hydrogens (tertiary/aromatic N) is 3. The van der Waals surface area contributed by atoms with E-state index in [2.05, 4.69) is 10.3 Å². The van der Waals surface area contributed by atoms with Gasteiger partial charge in [0.1, 0.15) is 11.6 Å². The molecule has 2 heterocycles. The van der Waals surface area contributed by atoms with Gasteiger partial charge < -0.3 is 4.52 Å². The molecule has 0 bridgehead atoms. The molecule has 0 radical (unpaired) electrons. The van der Waals surface area contributed by atoms with Crippen LogP contribution < -0.4 is 5.76 Å². The smallest absolute Gasteiger partial charge is 0.361 e. The van der Waals surface area contributed by atoms with Crippen LogP contribution in [0.1, 0.15) is 28.4 Å². The predicted octanol–water partition coefficient (Wildman–Crippen LogP) is 2.22. The molecule has 3 rings (SSSR count). The Bertz CT molecular complexity index is 826. The van der Waals surface area contributed by atoms with Crippen LogP contribution in [0.4, 0.5) is 4.39 Å². The number of rotatable bonds is 4. The van der Waals surface area contributed by atoms with Crippen LogP contribution in [0.3, 0.4) is 0 Å². The minimum atomic E-state index is -0.550. The van der Waals surface area contributed by atoms with Crippen molar-refractivity contribution in [1.82, 2.24) is 14.9 Å². The summed E-state index contributed by atoms with van der Waals surface area (Å²) in [6.45, 7) is 3.90. The van der Waals surface area contributed by atoms with Crippen LogP contribution in [-0.4, -0.2) is 14.9 Å². The molecule has 1 aromatic carbocycles. The summed E-state index contributed by atoms with van der Waals surface area (Å²) >= 11 is 0. The van der Waals surface area contributed by atoms with Crippen molar-refractivity contribution in [1.29, 1.82) is 0 Å². The van der Waals surface area contributed by atoms with E-state index in [-0.39, 0.29) is 12.4 Å². The second-order valence-electron chi connectivity index (χ2n) is 5.06. The van der Waals surface area contributed by atoms with Crippen molar-refractivity contribution in [2.45, 2.75) is 26.8 Å². The van der Waals surface area contributed by atoms with Crippen molar-refractivity contribution >= 4 is 0 Å². The van der Waals surface area contributed by atoms with Crippen LogP contribution in [0.2, 0.25) is 0 Å². The molecule has 3 aromatic rings. The molecule has 2 aromatic heterocycles. The quantitative estimate of drug-likeness (QED) is 0.739. The molecule has 0 saturated carbocycles. The van der Waals surface area contributed by atoms with Gasteiger partial charge in [0.05, 0.1) is 12.2 Å². The number of aromatic nitrogens is 3. The summed E-state index contributed by atoms with van der Waals surface area (Å²) in [5.74, 6) is 0.286. The van der Waals surface area contributed by atoms with E-state index in [4.69, 9.17) is 9.05 Å². The summed E-state index contributed by atoms with van der Waals surface area (Å²) in [5.41, 5.74) is 2.41. The van der Waals surface area contributed by atoms with Gasteiger partial charge in [-0.25, -0.2) is 9.18 Å². The number of aryl methyl sites for hydroxylation is 2. The maximum Gasteiger partial charge on any atom is 0.441 e. The van der Waals surface area contributed by atoms with Crippen LogP contribution in [0.5, 0.6) is 0 Å². The van der Waals surface area contributed by atoms with Crippen molar-refractivity contribution in [3.8, 4) is 0 Å². The molecule has 0 atom stereocenters. The van der Waals surface area contributed by atoms with Gasteiger partial charge in [0, 0.05) is 12.0 Å². The van der Waals surface area contributed by atoms with E-state index in [0.717, 1.165) is 16.8 Å². The Labute approximate surface area is 125 Å². The first-order valence-corrected chi connectivity index (χ1v) is 6.76. The van der Waals surface area contributed by atoms with Gasteiger partial charge in [0.15, 0.2) is 5.82 Å². The van der Waals surface area contributed by atoms with Gasteiger partial charge >= 0.3 is 5.76 Å². The van der Waals surface area contributed by atoms with E-state index in [9.17, 15) is 9.18 Å². The zero-order valence-corrected chi connectivity index (χ0v) is 12.2. The average Bonchev–Trinajstić information content (AvgIpc) is 3.00. The fourth-order valence-electron chi connectivity index (χ4n) is 2.26. The highest BCUT2D eigenvalue weighted by Crippen LogP contribution is 2.16. The second-order valence-corrected chi connectivity index (χ2v) is 5.06. The zero-order chi connectivity index (χ0) is 15.7. The number of halogens is 1. The molecule has 0 aliphatic carbocycles. The summed E-state index contributed by atoms with van der Waals surface area (Å²) in [4.78, 5) is 11.8. The molecule has 0 fully saturated rings. The largest absolute Gasteiger partial charge is 0.441 e. The third-order valence-corrected chi connectivity index (χ3v) is 3.53. The third kappa shape index (κ3) is 2.69. The summed E-state index contributed by atoms with van der Waals surface area (Å²) in [7, 11) is 0. The molecule has 114 valence electrons. The van der Waals surface area contributed by atoms with Gasteiger partial charge in [-0.1, -0.05) is 22.4 Å². The lowest BCUT2D eigenvalue weighted by molar-refractivity contribution is 0.375. The van der Waals surface area contributed by atoms with Crippen molar-refractivity contribution < 1.29 is 13.4 Å². The summed E-state index contributed by atoms with van der Waals surface area (Å²) in [5, 5.41) is 7.70. The number of benzene rings is 1. The van der Waals surface area contributed by atoms with Gasteiger partial charge in [0.2, 0.25) is 0 Å². The van der Waals surface area contributed by atoms with Gasteiger partial charge in [-0.3, -0.25) is 9.09 Å². The van der Waals surface area contributed by atoms with Gasteiger partial charge in [0.25, 0.3) is 0 Å². The van der Waals surface area contributed by atoms with E-state index in [1.807, 2.05) is 6.92 Å². The molecule has 0 amide bonds. The van der Waals surface area contributed by atoms with Gasteiger partial charge in [-0.2, -0.15) is 0 Å². The third-order valence-electron chi connectivity index (χ3n) is 3.53. The molecule has 0 aliphatic rings. The minimum absolute atomic E-state index is 0.265. The Morgan fingerprint density at radius 2 is 1.86 bits per heavy atom. The number of hydrogen-bond acceptors (Lipinski definition) is 5. The first kappa shape index (κ1) is 14.2. The van der Waals surface area contributed by atoms with Crippen LogP contribution in [0.25, 0.3) is 0 Å². The van der Waals surface area contributed by atoms with Gasteiger partial charge in [-0.15, -0.1) is 0 Å². The molecule has 22 heavy (non-hydrogen) atoms. The topological polar surface area (TPSA) is 74.1 Å². The van der Waals surface area contributed by atoms with Crippen LogP contribution in [0, 0.1) is 19.7 Å². The Hall–Kier alpha value is -2.70. The first-order valence-electron chi connectivity index (χ1n) is 6.76. The fraction of sp³-hybridized carbons (Fsp3) is 0.267. The Morgan fingerprint density at radius 1 is 1.14 bits per heavy atom. The molecular weight excluding hydrogens is 289 g/mol. The highest BCUT2D eigenvalue weighted by Gasteiger charge is 2.16. The summed E-state index contributed by atoms with van der Waals surface area (Å²) in [6, 6.07) is 5.94. The maximum absolute atomic E-state index is 12.9. The SMILES string of the molecule is Cc1noc(C)c1Cc1noc(=O)n1Cc1ccc(F)cc1. The maximum atomic E-state index is 12.9. The molecule has 6 nitrogen and oxygen atoms in total. The Kier molecular flexibility index (Phi) is 3.62. The first-order chi connectivity index (χ1) is 10.5. The average molecular weight is 303 g/mol. The molecular formula is C15H14FN3O3. The molecule has 7 heteroatoms. The predicted molar refractivity (Wildman–Crippen MR) is 75.0 cm³/mol. The second kappa shape index (κ2) is 5.59. The van der Waals surface area contributed by atoms with Crippen LogP contribution in [0.15, 0.2) is 38.1 Å². The van der Waals surface area contributed by atoms with E-state index in [1.54, 1.807) is 19.1 Å². The molecule has 0 saturated heterocycles. The highest BCUT2D eigenvalue weighted by molar-refractivity contribution is 5.25. The van der Waals surface area contributed by atoms with Crippen molar-refractivity contribution in [3.63, 3.8) is 0 Å². The highest BCUT2D eigenvalue weighted by atomic mass is 19.1. The van der Waals surface area contributed by atoms with E-state index < -0.39 is 5.76 Å². The van der Waals surface area contributed by atoms with Crippen molar-refractivity contribution in [3.05, 3.63) is 69.0 Å². The van der Waals surface area contributed by atoms with Crippen LogP contribution in [-0.2, 0) is 13.0 Å². The summed E-state index contributed by atoms with van der Waals surface area (Å²) in [6.07, 6.45) is 0.383.